The molecule has 2 aliphatic heterocycles. The summed E-state index contributed by atoms with van der Waals surface area (Å²) in [4.78, 5) is 30.3. The summed E-state index contributed by atoms with van der Waals surface area (Å²) in [6, 6.07) is 2.35. The lowest BCUT2D eigenvalue weighted by atomic mass is 10.1. The Morgan fingerprint density at radius 3 is 2.00 bits per heavy atom. The highest BCUT2D eigenvalue weighted by molar-refractivity contribution is 6.36. The molecule has 2 heterocycles. The molecule has 0 N–H and O–H groups in total. The zero-order valence-corrected chi connectivity index (χ0v) is 15.3. The smallest absolute Gasteiger partial charge is 0.320 e. The first kappa shape index (κ1) is 18.3. The summed E-state index contributed by atoms with van der Waals surface area (Å²) in [5, 5.41) is 0.0155. The number of rotatable bonds is 1. The first-order valence-corrected chi connectivity index (χ1v) is 9.20. The number of piperidine rings is 1. The first-order chi connectivity index (χ1) is 12.0. The van der Waals surface area contributed by atoms with Gasteiger partial charge in [-0.1, -0.05) is 23.2 Å². The summed E-state index contributed by atoms with van der Waals surface area (Å²) in [7, 11) is 0. The summed E-state index contributed by atoms with van der Waals surface area (Å²) >= 11 is 11.7. The second-order valence-electron chi connectivity index (χ2n) is 6.36. The molecule has 1 aromatic rings. The van der Waals surface area contributed by atoms with E-state index in [0.29, 0.717) is 26.2 Å². The van der Waals surface area contributed by atoms with Crippen LogP contribution in [0.5, 0.6) is 0 Å². The number of hydrogen-bond donors (Lipinski definition) is 0. The summed E-state index contributed by atoms with van der Waals surface area (Å²) in [5.74, 6) is -1.01. The van der Waals surface area contributed by atoms with Crippen LogP contribution in [0.4, 0.5) is 9.18 Å². The van der Waals surface area contributed by atoms with Gasteiger partial charge in [0.2, 0.25) is 0 Å². The van der Waals surface area contributed by atoms with Gasteiger partial charge < -0.3 is 14.7 Å². The topological polar surface area (TPSA) is 43.9 Å². The molecule has 0 aromatic heterocycles. The van der Waals surface area contributed by atoms with Crippen molar-refractivity contribution in [3.63, 3.8) is 0 Å². The van der Waals surface area contributed by atoms with Gasteiger partial charge in [-0.3, -0.25) is 4.79 Å². The predicted octanol–water partition coefficient (Wildman–Crippen LogP) is 3.50. The van der Waals surface area contributed by atoms with E-state index in [1.807, 2.05) is 4.90 Å². The molecule has 0 saturated carbocycles. The Labute approximate surface area is 156 Å². The average molecular weight is 388 g/mol. The van der Waals surface area contributed by atoms with E-state index in [1.165, 1.54) is 12.5 Å². The maximum Gasteiger partial charge on any atom is 0.320 e. The second kappa shape index (κ2) is 7.79. The van der Waals surface area contributed by atoms with E-state index in [9.17, 15) is 14.0 Å². The standard InChI is InChI=1S/C17H20Cl2FN3O2/c18-13-11-14(19)15(20)10-12(13)16(24)21-6-8-23(9-7-21)17(25)22-4-2-1-3-5-22/h10-11H,1-9H2. The molecule has 2 fully saturated rings. The van der Waals surface area contributed by atoms with Crippen molar-refractivity contribution < 1.29 is 14.0 Å². The molecule has 25 heavy (non-hydrogen) atoms. The van der Waals surface area contributed by atoms with Crippen molar-refractivity contribution in [2.75, 3.05) is 39.3 Å². The number of hydrogen-bond acceptors (Lipinski definition) is 2. The molecule has 5 nitrogen and oxygen atoms in total. The number of halogens is 3. The Bertz CT molecular complexity index is 672. The van der Waals surface area contributed by atoms with Crippen molar-refractivity contribution in [1.29, 1.82) is 0 Å². The number of urea groups is 1. The van der Waals surface area contributed by atoms with E-state index in [-0.39, 0.29) is 27.5 Å². The Kier molecular flexibility index (Phi) is 5.69. The van der Waals surface area contributed by atoms with Gasteiger partial charge in [-0.05, 0) is 31.4 Å². The van der Waals surface area contributed by atoms with Crippen molar-refractivity contribution >= 4 is 35.1 Å². The van der Waals surface area contributed by atoms with Crippen LogP contribution in [0.3, 0.4) is 0 Å². The fraction of sp³-hybridized carbons (Fsp3) is 0.529. The van der Waals surface area contributed by atoms with Gasteiger partial charge in [-0.15, -0.1) is 0 Å². The summed E-state index contributed by atoms with van der Waals surface area (Å²) < 4.78 is 13.6. The molecule has 0 atom stereocenters. The lowest BCUT2D eigenvalue weighted by Gasteiger charge is -2.38. The number of piperazine rings is 1. The summed E-state index contributed by atoms with van der Waals surface area (Å²) in [6.45, 7) is 3.34. The van der Waals surface area contributed by atoms with E-state index < -0.39 is 5.82 Å². The van der Waals surface area contributed by atoms with Gasteiger partial charge in [0.25, 0.3) is 5.91 Å². The maximum atomic E-state index is 13.6. The Morgan fingerprint density at radius 2 is 1.36 bits per heavy atom. The highest BCUT2D eigenvalue weighted by Gasteiger charge is 2.29. The number of likely N-dealkylation sites (tertiary alicyclic amines) is 1. The average Bonchev–Trinajstić information content (AvgIpc) is 2.64. The highest BCUT2D eigenvalue weighted by Crippen LogP contribution is 2.26. The molecule has 0 aliphatic carbocycles. The van der Waals surface area contributed by atoms with Crippen molar-refractivity contribution in [2.24, 2.45) is 0 Å². The number of amides is 3. The number of benzene rings is 1. The molecule has 0 spiro atoms. The minimum absolute atomic E-state index is 0.0439. The van der Waals surface area contributed by atoms with Gasteiger partial charge in [-0.25, -0.2) is 9.18 Å². The lowest BCUT2D eigenvalue weighted by molar-refractivity contribution is 0.0632. The molecule has 136 valence electrons. The normalized spacial score (nSPS) is 18.4. The van der Waals surface area contributed by atoms with Crippen LogP contribution < -0.4 is 0 Å². The lowest BCUT2D eigenvalue weighted by Crippen LogP contribution is -2.54. The minimum atomic E-state index is -0.673. The monoisotopic (exact) mass is 387 g/mol. The third-order valence-corrected chi connectivity index (χ3v) is 5.31. The first-order valence-electron chi connectivity index (χ1n) is 8.45. The molecule has 2 aliphatic rings. The molecule has 1 aromatic carbocycles. The summed E-state index contributed by atoms with van der Waals surface area (Å²) in [5.41, 5.74) is 0.0966. The Hall–Kier alpha value is -1.53. The summed E-state index contributed by atoms with van der Waals surface area (Å²) in [6.07, 6.45) is 3.26. The molecule has 0 radical (unpaired) electrons. The van der Waals surface area contributed by atoms with Crippen LogP contribution in [0.15, 0.2) is 12.1 Å². The SMILES string of the molecule is O=C(c1cc(F)c(Cl)cc1Cl)N1CCN(C(=O)N2CCCCC2)CC1. The van der Waals surface area contributed by atoms with Crippen molar-refractivity contribution in [2.45, 2.75) is 19.3 Å². The van der Waals surface area contributed by atoms with Gasteiger partial charge in [0.1, 0.15) is 5.82 Å². The van der Waals surface area contributed by atoms with Crippen LogP contribution in [0.25, 0.3) is 0 Å². The van der Waals surface area contributed by atoms with Crippen LogP contribution in [0.2, 0.25) is 10.0 Å². The third kappa shape index (κ3) is 4.01. The van der Waals surface area contributed by atoms with Crippen molar-refractivity contribution in [3.8, 4) is 0 Å². The predicted molar refractivity (Wildman–Crippen MR) is 94.7 cm³/mol. The van der Waals surface area contributed by atoms with Gasteiger partial charge in [-0.2, -0.15) is 0 Å². The van der Waals surface area contributed by atoms with Gasteiger partial charge in [0, 0.05) is 39.3 Å². The number of carbonyl (C=O) groups is 2. The van der Waals surface area contributed by atoms with Crippen LogP contribution >= 0.6 is 23.2 Å². The second-order valence-corrected chi connectivity index (χ2v) is 7.17. The van der Waals surface area contributed by atoms with E-state index in [4.69, 9.17) is 23.2 Å². The van der Waals surface area contributed by atoms with Crippen LogP contribution in [0, 0.1) is 5.82 Å². The van der Waals surface area contributed by atoms with Crippen molar-refractivity contribution in [1.82, 2.24) is 14.7 Å². The fourth-order valence-corrected chi connectivity index (χ4v) is 3.71. The molecule has 3 amide bonds. The molecule has 2 saturated heterocycles. The minimum Gasteiger partial charge on any atom is -0.335 e. The molecule has 0 unspecified atom stereocenters. The van der Waals surface area contributed by atoms with Gasteiger partial charge in [0.15, 0.2) is 0 Å². The zero-order valence-electron chi connectivity index (χ0n) is 13.8. The van der Waals surface area contributed by atoms with Crippen LogP contribution in [-0.2, 0) is 0 Å². The molecular formula is C17H20Cl2FN3O2. The number of carbonyl (C=O) groups excluding carboxylic acids is 2. The molecule has 3 rings (SSSR count). The van der Waals surface area contributed by atoms with Crippen LogP contribution in [0.1, 0.15) is 29.6 Å². The molecular weight excluding hydrogens is 368 g/mol. The Morgan fingerprint density at radius 1 is 0.800 bits per heavy atom. The molecule has 0 bridgehead atoms. The maximum absolute atomic E-state index is 13.6. The van der Waals surface area contributed by atoms with E-state index in [1.54, 1.807) is 9.80 Å². The van der Waals surface area contributed by atoms with E-state index >= 15 is 0 Å². The third-order valence-electron chi connectivity index (χ3n) is 4.70. The Balaban J connectivity index is 1.61. The molecule has 8 heteroatoms. The van der Waals surface area contributed by atoms with Gasteiger partial charge in [0.05, 0.1) is 15.6 Å². The van der Waals surface area contributed by atoms with E-state index in [2.05, 4.69) is 0 Å². The zero-order chi connectivity index (χ0) is 18.0. The van der Waals surface area contributed by atoms with Crippen molar-refractivity contribution in [3.05, 3.63) is 33.6 Å². The largest absolute Gasteiger partial charge is 0.335 e. The van der Waals surface area contributed by atoms with Crippen LogP contribution in [-0.4, -0.2) is 65.9 Å². The highest BCUT2D eigenvalue weighted by atomic mass is 35.5. The fourth-order valence-electron chi connectivity index (χ4n) is 3.24. The number of nitrogens with zero attached hydrogens (tertiary/aromatic N) is 3. The quantitative estimate of drug-likeness (QED) is 0.692. The van der Waals surface area contributed by atoms with E-state index in [0.717, 1.165) is 32.0 Å². The van der Waals surface area contributed by atoms with Gasteiger partial charge >= 0.3 is 6.03 Å².